The number of hydrogen-bond donors (Lipinski definition) is 1. The van der Waals surface area contributed by atoms with E-state index in [9.17, 15) is 14.7 Å². The molecule has 1 unspecified atom stereocenters. The van der Waals surface area contributed by atoms with Crippen molar-refractivity contribution in [1.29, 1.82) is 0 Å². The van der Waals surface area contributed by atoms with Crippen LogP contribution in [0.5, 0.6) is 11.5 Å². The molecule has 5 aromatic rings. The number of ketones is 1. The summed E-state index contributed by atoms with van der Waals surface area (Å²) in [5.41, 5.74) is 4.08. The molecule has 1 aliphatic rings. The number of aromatic nitrogens is 2. The molecule has 11 heteroatoms. The van der Waals surface area contributed by atoms with Crippen LogP contribution < -0.4 is 14.4 Å². The third-order valence-electron chi connectivity index (χ3n) is 8.18. The van der Waals surface area contributed by atoms with Gasteiger partial charge >= 0.3 is 5.91 Å². The number of halogens is 1. The van der Waals surface area contributed by atoms with Crippen molar-refractivity contribution in [2.24, 2.45) is 0 Å². The average molecular weight is 726 g/mol. The number of nitrogens with zero attached hydrogens (tertiary/aromatic N) is 3. The van der Waals surface area contributed by atoms with Gasteiger partial charge in [0.1, 0.15) is 23.9 Å². The van der Waals surface area contributed by atoms with Crippen LogP contribution in [0.15, 0.2) is 107 Å². The molecule has 0 bridgehead atoms. The molecule has 1 amide bonds. The second-order valence-electron chi connectivity index (χ2n) is 11.8. The van der Waals surface area contributed by atoms with Crippen molar-refractivity contribution in [2.45, 2.75) is 55.9 Å². The molecule has 1 fully saturated rings. The second-order valence-corrected chi connectivity index (χ2v) is 14.4. The lowest BCUT2D eigenvalue weighted by Crippen LogP contribution is -2.29. The summed E-state index contributed by atoms with van der Waals surface area (Å²) < 4.78 is 12.5. The summed E-state index contributed by atoms with van der Waals surface area (Å²) in [6.45, 7) is 5.14. The Hall–Kier alpha value is -4.64. The zero-order chi connectivity index (χ0) is 35.0. The molecule has 1 atom stereocenters. The fourth-order valence-corrected chi connectivity index (χ4v) is 7.73. The zero-order valence-electron chi connectivity index (χ0n) is 27.7. The highest BCUT2D eigenvalue weighted by atomic mass is 35.5. The molecule has 0 saturated carbocycles. The zero-order valence-corrected chi connectivity index (χ0v) is 30.1. The molecular formula is C39H36ClN3O5S2. The van der Waals surface area contributed by atoms with E-state index in [0.717, 1.165) is 36.0 Å². The summed E-state index contributed by atoms with van der Waals surface area (Å²) in [5, 5.41) is 21.2. The molecule has 0 aliphatic carbocycles. The number of Topliss-reactive ketones (excluding diaryl/α,β-unsaturated/α-hetero) is 1. The van der Waals surface area contributed by atoms with Crippen LogP contribution in [0.4, 0.5) is 5.13 Å². The fraction of sp³-hybridized carbons (Fsp3) is 0.231. The SMILES string of the molecule is CCCCCOc1ccc(C2/C(=C(\O)c3ccc(OCc4cccc(C)c4)cc3)C(=O)C(=O)N2c2nnc(SCc3ccccc3Cl)s2)cc1. The maximum atomic E-state index is 13.7. The number of thioether (sulfide) groups is 1. The quantitative estimate of drug-likeness (QED) is 0.0302. The highest BCUT2D eigenvalue weighted by Crippen LogP contribution is 2.44. The Morgan fingerprint density at radius 2 is 1.66 bits per heavy atom. The average Bonchev–Trinajstić information content (AvgIpc) is 3.70. The van der Waals surface area contributed by atoms with Gasteiger partial charge in [0.2, 0.25) is 5.13 Å². The maximum Gasteiger partial charge on any atom is 0.301 e. The van der Waals surface area contributed by atoms with E-state index in [1.54, 1.807) is 24.3 Å². The van der Waals surface area contributed by atoms with E-state index in [1.807, 2.05) is 73.7 Å². The van der Waals surface area contributed by atoms with E-state index in [2.05, 4.69) is 23.2 Å². The Morgan fingerprint density at radius 3 is 2.40 bits per heavy atom. The molecule has 0 spiro atoms. The first-order valence-corrected chi connectivity index (χ1v) is 18.5. The summed E-state index contributed by atoms with van der Waals surface area (Å²) in [4.78, 5) is 28.8. The number of aryl methyl sites for hydroxylation is 1. The van der Waals surface area contributed by atoms with Crippen molar-refractivity contribution in [3.05, 3.63) is 135 Å². The standard InChI is InChI=1S/C39H36ClN3O5S2/c1-3-4-7-21-47-30-17-13-27(14-18-30)34-33(35(44)28-15-19-31(20-16-28)48-23-26-10-8-9-25(2)22-26)36(45)37(46)43(34)38-41-42-39(50-38)49-24-29-11-5-6-12-32(29)40/h5-6,8-20,22,34,44H,3-4,7,21,23-24H2,1-2H3/b35-33+. The molecule has 4 aromatic carbocycles. The van der Waals surface area contributed by atoms with E-state index < -0.39 is 17.7 Å². The van der Waals surface area contributed by atoms with Crippen LogP contribution in [0.3, 0.4) is 0 Å². The lowest BCUT2D eigenvalue weighted by molar-refractivity contribution is -0.132. The Morgan fingerprint density at radius 1 is 0.920 bits per heavy atom. The molecular weight excluding hydrogens is 690 g/mol. The Kier molecular flexibility index (Phi) is 11.5. The van der Waals surface area contributed by atoms with Gasteiger partial charge in [-0.1, -0.05) is 115 Å². The minimum Gasteiger partial charge on any atom is -0.507 e. The third-order valence-corrected chi connectivity index (χ3v) is 10.7. The number of ether oxygens (including phenoxy) is 2. The van der Waals surface area contributed by atoms with E-state index in [-0.39, 0.29) is 16.5 Å². The number of unbranched alkanes of at least 4 members (excludes halogenated alkanes) is 2. The number of anilines is 1. The van der Waals surface area contributed by atoms with Crippen LogP contribution >= 0.6 is 34.7 Å². The Balaban J connectivity index is 1.29. The normalized spacial score (nSPS) is 15.4. The molecule has 1 aliphatic heterocycles. The highest BCUT2D eigenvalue weighted by Gasteiger charge is 2.48. The van der Waals surface area contributed by atoms with E-state index >= 15 is 0 Å². The van der Waals surface area contributed by atoms with Gasteiger partial charge in [-0.15, -0.1) is 10.2 Å². The highest BCUT2D eigenvalue weighted by molar-refractivity contribution is 8.00. The van der Waals surface area contributed by atoms with E-state index in [0.29, 0.717) is 51.0 Å². The number of carbonyl (C=O) groups excluding carboxylic acids is 2. The van der Waals surface area contributed by atoms with Gasteiger partial charge in [0.15, 0.2) is 4.34 Å². The molecule has 1 N–H and O–H groups in total. The van der Waals surface area contributed by atoms with Gasteiger partial charge in [-0.05, 0) is 72.5 Å². The number of benzene rings is 4. The van der Waals surface area contributed by atoms with Crippen LogP contribution in [0, 0.1) is 6.92 Å². The number of amides is 1. The summed E-state index contributed by atoms with van der Waals surface area (Å²) in [7, 11) is 0. The topological polar surface area (TPSA) is 102 Å². The molecule has 50 heavy (non-hydrogen) atoms. The maximum absolute atomic E-state index is 13.7. The first kappa shape index (κ1) is 35.2. The van der Waals surface area contributed by atoms with Crippen LogP contribution in [-0.4, -0.2) is 33.6 Å². The first-order chi connectivity index (χ1) is 24.3. The molecule has 1 aromatic heterocycles. The largest absolute Gasteiger partial charge is 0.507 e. The fourth-order valence-electron chi connectivity index (χ4n) is 5.58. The first-order valence-electron chi connectivity index (χ1n) is 16.3. The van der Waals surface area contributed by atoms with Crippen LogP contribution in [0.2, 0.25) is 5.02 Å². The van der Waals surface area contributed by atoms with Gasteiger partial charge in [0.25, 0.3) is 5.78 Å². The Labute approximate surface area is 304 Å². The number of hydrogen-bond acceptors (Lipinski definition) is 9. The molecule has 1 saturated heterocycles. The predicted molar refractivity (Wildman–Crippen MR) is 199 cm³/mol. The van der Waals surface area contributed by atoms with Crippen molar-refractivity contribution in [2.75, 3.05) is 11.5 Å². The van der Waals surface area contributed by atoms with Gasteiger partial charge in [-0.3, -0.25) is 14.5 Å². The van der Waals surface area contributed by atoms with Gasteiger partial charge in [0.05, 0.1) is 18.2 Å². The number of aliphatic hydroxyl groups is 1. The van der Waals surface area contributed by atoms with E-state index in [1.165, 1.54) is 28.0 Å². The van der Waals surface area contributed by atoms with Crippen molar-refractivity contribution in [3.63, 3.8) is 0 Å². The smallest absolute Gasteiger partial charge is 0.301 e. The third kappa shape index (κ3) is 8.21. The second kappa shape index (κ2) is 16.4. The summed E-state index contributed by atoms with van der Waals surface area (Å²) >= 11 is 8.98. The van der Waals surface area contributed by atoms with Crippen LogP contribution in [-0.2, 0) is 21.9 Å². The summed E-state index contributed by atoms with van der Waals surface area (Å²) in [5.74, 6) is -0.0664. The molecule has 2 heterocycles. The molecule has 0 radical (unpaired) electrons. The number of aliphatic hydroxyl groups excluding tert-OH is 1. The Bertz CT molecular complexity index is 2000. The van der Waals surface area contributed by atoms with Crippen molar-refractivity contribution < 1.29 is 24.2 Å². The number of carbonyl (C=O) groups is 2. The van der Waals surface area contributed by atoms with Gasteiger partial charge in [-0.25, -0.2) is 0 Å². The van der Waals surface area contributed by atoms with Gasteiger partial charge in [-0.2, -0.15) is 0 Å². The van der Waals surface area contributed by atoms with Crippen molar-refractivity contribution in [1.82, 2.24) is 10.2 Å². The minimum atomic E-state index is -0.948. The summed E-state index contributed by atoms with van der Waals surface area (Å²) in [6.07, 6.45) is 3.12. The lowest BCUT2D eigenvalue weighted by Gasteiger charge is -2.22. The monoisotopic (exact) mass is 725 g/mol. The predicted octanol–water partition coefficient (Wildman–Crippen LogP) is 9.57. The van der Waals surface area contributed by atoms with Gasteiger partial charge in [0, 0.05) is 16.3 Å². The molecule has 6 rings (SSSR count). The summed E-state index contributed by atoms with van der Waals surface area (Å²) in [6, 6.07) is 28.7. The lowest BCUT2D eigenvalue weighted by atomic mass is 9.95. The minimum absolute atomic E-state index is 0.0412. The number of rotatable bonds is 14. The molecule has 8 nitrogen and oxygen atoms in total. The van der Waals surface area contributed by atoms with Crippen molar-refractivity contribution in [3.8, 4) is 11.5 Å². The van der Waals surface area contributed by atoms with Crippen LogP contribution in [0.1, 0.15) is 60.0 Å². The molecule has 256 valence electrons. The van der Waals surface area contributed by atoms with Gasteiger partial charge < -0.3 is 14.6 Å². The van der Waals surface area contributed by atoms with Crippen molar-refractivity contribution >= 4 is 57.3 Å². The van der Waals surface area contributed by atoms with Crippen LogP contribution in [0.25, 0.3) is 5.76 Å². The van der Waals surface area contributed by atoms with E-state index in [4.69, 9.17) is 21.1 Å².